The number of alkyl halides is 2. The number of halogens is 2. The molecule has 0 saturated carbocycles. The Morgan fingerprint density at radius 3 is 1.06 bits per heavy atom. The number of carbonyl (C=O) groups excluding carboxylic acids is 2. The highest BCUT2D eigenvalue weighted by Crippen LogP contribution is 2.30. The number of benzene rings is 4. The fourth-order valence-corrected chi connectivity index (χ4v) is 5.81. The Kier molecular flexibility index (Phi) is 17.5. The van der Waals surface area contributed by atoms with Crippen molar-refractivity contribution in [3.63, 3.8) is 0 Å². The molecule has 50 heavy (non-hydrogen) atoms. The van der Waals surface area contributed by atoms with E-state index in [1.165, 1.54) is 0 Å². The van der Waals surface area contributed by atoms with Gasteiger partial charge in [0, 0.05) is 51.4 Å². The minimum Gasteiger partial charge on any atom is -0.494 e. The summed E-state index contributed by atoms with van der Waals surface area (Å²) in [5.41, 5.74) is 5.17. The Labute approximate surface area is 312 Å². The Bertz CT molecular complexity index is 1500. The van der Waals surface area contributed by atoms with Gasteiger partial charge in [-0.2, -0.15) is 0 Å². The molecular weight excluding hydrogens is 768 g/mol. The number of aryl methyl sites for hydroxylation is 4. The van der Waals surface area contributed by atoms with E-state index in [2.05, 4.69) is 31.9 Å². The summed E-state index contributed by atoms with van der Waals surface area (Å²) in [6.45, 7) is 10.3. The van der Waals surface area contributed by atoms with Crippen LogP contribution in [0.15, 0.2) is 72.8 Å². The molecule has 0 saturated heterocycles. The third-order valence-corrected chi connectivity index (χ3v) is 8.47. The monoisotopic (exact) mass is 812 g/mol. The fraction of sp³-hybridized carbons (Fsp3) is 0.350. The maximum absolute atomic E-state index is 12.0. The van der Waals surface area contributed by atoms with E-state index < -0.39 is 0 Å². The van der Waals surface area contributed by atoms with Gasteiger partial charge in [0.05, 0.1) is 23.9 Å². The van der Waals surface area contributed by atoms with Crippen molar-refractivity contribution in [1.29, 1.82) is 0 Å². The van der Waals surface area contributed by atoms with Crippen LogP contribution in [0.2, 0.25) is 0 Å². The van der Waals surface area contributed by atoms with E-state index in [1.807, 2.05) is 100 Å². The predicted octanol–water partition coefficient (Wildman–Crippen LogP) is 10.2. The summed E-state index contributed by atoms with van der Waals surface area (Å²) in [5, 5.41) is 0.640. The third kappa shape index (κ3) is 12.9. The van der Waals surface area contributed by atoms with Gasteiger partial charge in [-0.25, -0.2) is 0 Å². The molecule has 4 rings (SSSR count). The summed E-state index contributed by atoms with van der Waals surface area (Å²) in [4.78, 5) is 24.0. The van der Waals surface area contributed by atoms with Gasteiger partial charge in [0.1, 0.15) is 34.5 Å². The highest BCUT2D eigenvalue weighted by molar-refractivity contribution is 9.09. The highest BCUT2D eigenvalue weighted by atomic mass is 79.9. The van der Waals surface area contributed by atoms with Crippen LogP contribution in [0.5, 0.6) is 34.5 Å². The van der Waals surface area contributed by atoms with Crippen molar-refractivity contribution in [3.8, 4) is 34.5 Å². The molecule has 0 bridgehead atoms. The minimum absolute atomic E-state index is 0.0801. The molecule has 268 valence electrons. The molecule has 0 N–H and O–H groups in total. The van der Waals surface area contributed by atoms with Crippen molar-refractivity contribution in [2.24, 2.45) is 0 Å². The summed E-state index contributed by atoms with van der Waals surface area (Å²) in [5.74, 6) is 4.64. The van der Waals surface area contributed by atoms with Crippen molar-refractivity contribution in [2.45, 2.75) is 40.5 Å². The molecule has 0 aliphatic carbocycles. The van der Waals surface area contributed by atoms with E-state index in [0.29, 0.717) is 37.1 Å². The number of methoxy groups -OCH3 is 2. The molecule has 0 aliphatic rings. The maximum Gasteiger partial charge on any atom is 0.173 e. The second kappa shape index (κ2) is 21.5. The lowest BCUT2D eigenvalue weighted by atomic mass is 9.99. The number of ether oxygens (including phenoxy) is 6. The van der Waals surface area contributed by atoms with Gasteiger partial charge >= 0.3 is 0 Å². The Balaban J connectivity index is 0.000000270. The summed E-state index contributed by atoms with van der Waals surface area (Å²) in [6, 6.07) is 22.5. The molecule has 10 heteroatoms. The van der Waals surface area contributed by atoms with E-state index in [1.54, 1.807) is 14.2 Å². The Hall–Kier alpha value is -3.70. The van der Waals surface area contributed by atoms with E-state index in [4.69, 9.17) is 28.4 Å². The summed E-state index contributed by atoms with van der Waals surface area (Å²) < 4.78 is 33.1. The van der Waals surface area contributed by atoms with Gasteiger partial charge in [0.15, 0.2) is 11.6 Å². The van der Waals surface area contributed by atoms with E-state index >= 15 is 0 Å². The van der Waals surface area contributed by atoms with Gasteiger partial charge in [-0.1, -0.05) is 31.9 Å². The summed E-state index contributed by atoms with van der Waals surface area (Å²) >= 11 is 6.45. The van der Waals surface area contributed by atoms with Crippen molar-refractivity contribution < 1.29 is 38.0 Å². The van der Waals surface area contributed by atoms with Gasteiger partial charge in [0.25, 0.3) is 0 Å². The quantitative estimate of drug-likeness (QED) is 0.0558. The van der Waals surface area contributed by atoms with Crippen LogP contribution in [0.4, 0.5) is 0 Å². The Morgan fingerprint density at radius 2 is 0.780 bits per heavy atom. The van der Waals surface area contributed by atoms with Crippen molar-refractivity contribution in [3.05, 3.63) is 106 Å². The second-order valence-electron chi connectivity index (χ2n) is 11.5. The van der Waals surface area contributed by atoms with Crippen LogP contribution in [0.1, 0.15) is 55.8 Å². The van der Waals surface area contributed by atoms with Crippen LogP contribution >= 0.6 is 31.9 Å². The lowest BCUT2D eigenvalue weighted by molar-refractivity contribution is 0.101. The molecule has 0 aromatic heterocycles. The SMILES string of the molecule is COCCCOc1ccc(Oc2cc(C)c(C(=O)CBr)c(C)c2)cc1.COCCCOc1ccc(Oc2cc(C)c(C(=O)CBr)c(C)c2)cc1. The lowest BCUT2D eigenvalue weighted by Crippen LogP contribution is -2.06. The zero-order chi connectivity index (χ0) is 36.5. The first-order valence-corrected chi connectivity index (χ1v) is 18.5. The molecule has 0 fully saturated rings. The molecule has 4 aromatic carbocycles. The van der Waals surface area contributed by atoms with E-state index in [9.17, 15) is 9.59 Å². The van der Waals surface area contributed by atoms with Crippen molar-refractivity contribution in [2.75, 3.05) is 51.3 Å². The topological polar surface area (TPSA) is 89.5 Å². The van der Waals surface area contributed by atoms with Crippen LogP contribution in [-0.2, 0) is 9.47 Å². The first-order chi connectivity index (χ1) is 24.1. The fourth-order valence-electron chi connectivity index (χ4n) is 5.25. The first-order valence-electron chi connectivity index (χ1n) is 16.3. The van der Waals surface area contributed by atoms with Crippen molar-refractivity contribution >= 4 is 43.4 Å². The van der Waals surface area contributed by atoms with Gasteiger partial charge in [-0.3, -0.25) is 9.59 Å². The number of ketones is 2. The first kappa shape index (κ1) is 40.7. The average molecular weight is 815 g/mol. The van der Waals surface area contributed by atoms with Crippen LogP contribution < -0.4 is 18.9 Å². The maximum atomic E-state index is 12.0. The second-order valence-corrected chi connectivity index (χ2v) is 12.6. The molecule has 4 aromatic rings. The number of carbonyl (C=O) groups is 2. The zero-order valence-electron chi connectivity index (χ0n) is 29.6. The zero-order valence-corrected chi connectivity index (χ0v) is 32.8. The average Bonchev–Trinajstić information content (AvgIpc) is 3.09. The van der Waals surface area contributed by atoms with Crippen molar-refractivity contribution in [1.82, 2.24) is 0 Å². The van der Waals surface area contributed by atoms with E-state index in [-0.39, 0.29) is 11.6 Å². The third-order valence-electron chi connectivity index (χ3n) is 7.45. The normalized spacial score (nSPS) is 10.6. The number of hydrogen-bond donors (Lipinski definition) is 0. The smallest absolute Gasteiger partial charge is 0.173 e. The molecular formula is C40H46Br2O8. The van der Waals surface area contributed by atoms with Crippen LogP contribution in [0, 0.1) is 27.7 Å². The number of hydrogen-bond acceptors (Lipinski definition) is 8. The van der Waals surface area contributed by atoms with Gasteiger partial charge in [-0.05, 0) is 123 Å². The largest absolute Gasteiger partial charge is 0.494 e. The molecule has 0 unspecified atom stereocenters. The van der Waals surface area contributed by atoms with Crippen LogP contribution in [0.3, 0.4) is 0 Å². The lowest BCUT2D eigenvalue weighted by Gasteiger charge is -2.12. The molecule has 0 heterocycles. The van der Waals surface area contributed by atoms with Gasteiger partial charge < -0.3 is 28.4 Å². The number of Topliss-reactive ketones (excluding diaryl/α,β-unsaturated/α-hetero) is 2. The van der Waals surface area contributed by atoms with Gasteiger partial charge in [-0.15, -0.1) is 0 Å². The van der Waals surface area contributed by atoms with Crippen LogP contribution in [0.25, 0.3) is 0 Å². The molecule has 0 spiro atoms. The minimum atomic E-state index is 0.0801. The number of rotatable bonds is 18. The molecule has 0 amide bonds. The van der Waals surface area contributed by atoms with Crippen LogP contribution in [-0.4, -0.2) is 62.9 Å². The molecule has 0 atom stereocenters. The highest BCUT2D eigenvalue weighted by Gasteiger charge is 2.14. The van der Waals surface area contributed by atoms with Gasteiger partial charge in [0.2, 0.25) is 0 Å². The summed E-state index contributed by atoms with van der Waals surface area (Å²) in [7, 11) is 3.36. The summed E-state index contributed by atoms with van der Waals surface area (Å²) in [6.07, 6.45) is 1.71. The molecule has 0 radical (unpaired) electrons. The molecule has 0 aliphatic heterocycles. The standard InChI is InChI=1S/2C20H23BrO4/c2*1-14-11-18(12-15(2)20(14)19(22)13-21)25-17-7-5-16(6-8-17)24-10-4-9-23-3/h2*5-8,11-12H,4,9-10,13H2,1-3H3. The Morgan fingerprint density at radius 1 is 0.480 bits per heavy atom. The molecule has 8 nitrogen and oxygen atoms in total. The van der Waals surface area contributed by atoms with E-state index in [0.717, 1.165) is 80.7 Å². The predicted molar refractivity (Wildman–Crippen MR) is 205 cm³/mol.